The van der Waals surface area contributed by atoms with E-state index < -0.39 is 0 Å². The smallest absolute Gasteiger partial charge is 0.228 e. The second kappa shape index (κ2) is 5.48. The molecule has 1 saturated carbocycles. The average molecular weight is 255 g/mol. The van der Waals surface area contributed by atoms with Gasteiger partial charge >= 0.3 is 0 Å². The lowest BCUT2D eigenvalue weighted by Gasteiger charge is -2.37. The molecule has 0 bridgehead atoms. The lowest BCUT2D eigenvalue weighted by atomic mass is 9.68. The van der Waals surface area contributed by atoms with E-state index in [1.807, 2.05) is 24.3 Å². The Morgan fingerprint density at radius 1 is 1.42 bits per heavy atom. The van der Waals surface area contributed by atoms with Gasteiger partial charge in [-0.1, -0.05) is 38.7 Å². The second-order valence-electron chi connectivity index (χ2n) is 6.00. The molecule has 1 N–H and O–H groups in total. The largest absolute Gasteiger partial charge is 0.326 e. The molecule has 1 atom stereocenters. The van der Waals surface area contributed by atoms with Gasteiger partial charge in [-0.05, 0) is 36.5 Å². The van der Waals surface area contributed by atoms with E-state index in [9.17, 15) is 4.79 Å². The molecule has 2 rings (SSSR count). The molecule has 1 aromatic carbocycles. The van der Waals surface area contributed by atoms with Crippen molar-refractivity contribution in [3.05, 3.63) is 29.8 Å². The van der Waals surface area contributed by atoms with E-state index in [1.165, 1.54) is 6.42 Å². The van der Waals surface area contributed by atoms with Crippen LogP contribution >= 0.6 is 0 Å². The van der Waals surface area contributed by atoms with Gasteiger partial charge in [-0.2, -0.15) is 0 Å². The molecule has 0 aromatic heterocycles. The summed E-state index contributed by atoms with van der Waals surface area (Å²) in [5.74, 6) is 2.80. The zero-order valence-electron chi connectivity index (χ0n) is 11.7. The van der Waals surface area contributed by atoms with Gasteiger partial charge in [0.1, 0.15) is 0 Å². The summed E-state index contributed by atoms with van der Waals surface area (Å²) < 4.78 is 0. The first-order chi connectivity index (χ1) is 9.03. The van der Waals surface area contributed by atoms with Gasteiger partial charge in [0.2, 0.25) is 5.91 Å². The summed E-state index contributed by atoms with van der Waals surface area (Å²) in [7, 11) is 0. The van der Waals surface area contributed by atoms with Crippen LogP contribution in [-0.4, -0.2) is 5.91 Å². The van der Waals surface area contributed by atoms with Crippen molar-refractivity contribution in [1.29, 1.82) is 0 Å². The number of carbonyl (C=O) groups is 1. The van der Waals surface area contributed by atoms with E-state index in [1.54, 1.807) is 0 Å². The van der Waals surface area contributed by atoms with Crippen molar-refractivity contribution in [2.75, 3.05) is 5.32 Å². The Morgan fingerprint density at radius 3 is 2.89 bits per heavy atom. The summed E-state index contributed by atoms with van der Waals surface area (Å²) in [6.07, 6.45) is 9.84. The number of hydrogen-bond donors (Lipinski definition) is 1. The molecule has 1 fully saturated rings. The van der Waals surface area contributed by atoms with Crippen molar-refractivity contribution in [2.24, 2.45) is 11.3 Å². The van der Waals surface area contributed by atoms with Gasteiger partial charge < -0.3 is 5.32 Å². The Balaban J connectivity index is 2.10. The lowest BCUT2D eigenvalue weighted by Crippen LogP contribution is -2.37. The lowest BCUT2D eigenvalue weighted by molar-refractivity contribution is -0.124. The van der Waals surface area contributed by atoms with Crippen LogP contribution in [0.4, 0.5) is 5.69 Å². The Labute approximate surface area is 115 Å². The summed E-state index contributed by atoms with van der Waals surface area (Å²) in [5, 5.41) is 3.01. The van der Waals surface area contributed by atoms with Crippen LogP contribution in [0, 0.1) is 23.7 Å². The van der Waals surface area contributed by atoms with E-state index >= 15 is 0 Å². The van der Waals surface area contributed by atoms with Crippen LogP contribution in [0.3, 0.4) is 0 Å². The van der Waals surface area contributed by atoms with Crippen LogP contribution in [-0.2, 0) is 4.79 Å². The molecule has 19 heavy (non-hydrogen) atoms. The number of benzene rings is 1. The molecule has 0 spiro atoms. The van der Waals surface area contributed by atoms with Crippen LogP contribution in [0.15, 0.2) is 24.3 Å². The molecule has 1 aliphatic rings. The Hall–Kier alpha value is -1.75. The highest BCUT2D eigenvalue weighted by Crippen LogP contribution is 2.41. The fourth-order valence-corrected chi connectivity index (χ4v) is 2.90. The Bertz CT molecular complexity index is 510. The molecule has 100 valence electrons. The third-order valence-electron chi connectivity index (χ3n) is 4.12. The topological polar surface area (TPSA) is 29.1 Å². The summed E-state index contributed by atoms with van der Waals surface area (Å²) in [6, 6.07) is 7.46. The van der Waals surface area contributed by atoms with Crippen molar-refractivity contribution < 1.29 is 4.79 Å². The summed E-state index contributed by atoms with van der Waals surface area (Å²) in [4.78, 5) is 12.4. The minimum atomic E-state index is 0.0893. The van der Waals surface area contributed by atoms with Crippen LogP contribution < -0.4 is 5.32 Å². The standard InChI is InChI=1S/C17H21NO/c1-4-13-8-7-9-14(12-13)18-16(19)15-10-5-6-11-17(15,2)3/h1,7-9,12,15H,5-6,10-11H2,2-3H3,(H,18,19). The number of nitrogens with one attached hydrogen (secondary N) is 1. The van der Waals surface area contributed by atoms with Gasteiger partial charge in [0.25, 0.3) is 0 Å². The molecule has 0 saturated heterocycles. The molecule has 2 heteroatoms. The first-order valence-corrected chi connectivity index (χ1v) is 6.90. The molecule has 1 amide bonds. The van der Waals surface area contributed by atoms with Gasteiger partial charge in [0.05, 0.1) is 0 Å². The fraction of sp³-hybridized carbons (Fsp3) is 0.471. The number of amides is 1. The van der Waals surface area contributed by atoms with Crippen molar-refractivity contribution in [3.8, 4) is 12.3 Å². The van der Waals surface area contributed by atoms with E-state index in [-0.39, 0.29) is 17.2 Å². The van der Waals surface area contributed by atoms with Crippen molar-refractivity contribution in [1.82, 2.24) is 0 Å². The third-order valence-corrected chi connectivity index (χ3v) is 4.12. The number of hydrogen-bond acceptors (Lipinski definition) is 1. The fourth-order valence-electron chi connectivity index (χ4n) is 2.90. The van der Waals surface area contributed by atoms with Gasteiger partial charge in [-0.3, -0.25) is 4.79 Å². The number of terminal acetylenes is 1. The molecular weight excluding hydrogens is 234 g/mol. The zero-order chi connectivity index (χ0) is 13.9. The monoisotopic (exact) mass is 255 g/mol. The molecule has 0 aliphatic heterocycles. The summed E-state index contributed by atoms with van der Waals surface area (Å²) in [5.41, 5.74) is 1.68. The molecule has 0 radical (unpaired) electrons. The number of rotatable bonds is 2. The maximum absolute atomic E-state index is 12.4. The highest BCUT2D eigenvalue weighted by Gasteiger charge is 2.37. The maximum Gasteiger partial charge on any atom is 0.228 e. The number of carbonyl (C=O) groups excluding carboxylic acids is 1. The van der Waals surface area contributed by atoms with E-state index in [0.717, 1.165) is 30.5 Å². The van der Waals surface area contributed by atoms with Crippen LogP contribution in [0.25, 0.3) is 0 Å². The minimum absolute atomic E-state index is 0.0893. The predicted octanol–water partition coefficient (Wildman–Crippen LogP) is 3.82. The first kappa shape index (κ1) is 13.7. The predicted molar refractivity (Wildman–Crippen MR) is 78.7 cm³/mol. The van der Waals surface area contributed by atoms with E-state index in [0.29, 0.717) is 0 Å². The van der Waals surface area contributed by atoms with Gasteiger partial charge in [0, 0.05) is 17.2 Å². The summed E-state index contributed by atoms with van der Waals surface area (Å²) in [6.45, 7) is 4.38. The van der Waals surface area contributed by atoms with Crippen LogP contribution in [0.2, 0.25) is 0 Å². The van der Waals surface area contributed by atoms with E-state index in [4.69, 9.17) is 6.42 Å². The first-order valence-electron chi connectivity index (χ1n) is 6.90. The minimum Gasteiger partial charge on any atom is -0.326 e. The van der Waals surface area contributed by atoms with Crippen LogP contribution in [0.1, 0.15) is 45.1 Å². The molecule has 2 nitrogen and oxygen atoms in total. The SMILES string of the molecule is C#Cc1cccc(NC(=O)C2CCCCC2(C)C)c1. The Morgan fingerprint density at radius 2 is 2.21 bits per heavy atom. The van der Waals surface area contributed by atoms with Crippen molar-refractivity contribution in [2.45, 2.75) is 39.5 Å². The second-order valence-corrected chi connectivity index (χ2v) is 6.00. The van der Waals surface area contributed by atoms with Crippen molar-refractivity contribution >= 4 is 11.6 Å². The Kier molecular flexibility index (Phi) is 3.95. The van der Waals surface area contributed by atoms with Gasteiger partial charge in [-0.15, -0.1) is 6.42 Å². The molecular formula is C17H21NO. The normalized spacial score (nSPS) is 21.4. The highest BCUT2D eigenvalue weighted by atomic mass is 16.1. The van der Waals surface area contributed by atoms with Gasteiger partial charge in [-0.25, -0.2) is 0 Å². The highest BCUT2D eigenvalue weighted by molar-refractivity contribution is 5.93. The van der Waals surface area contributed by atoms with Crippen LogP contribution in [0.5, 0.6) is 0 Å². The number of anilines is 1. The van der Waals surface area contributed by atoms with Crippen molar-refractivity contribution in [3.63, 3.8) is 0 Å². The third kappa shape index (κ3) is 3.17. The molecule has 1 aromatic rings. The molecule has 1 aliphatic carbocycles. The zero-order valence-corrected chi connectivity index (χ0v) is 11.7. The van der Waals surface area contributed by atoms with Gasteiger partial charge in [0.15, 0.2) is 0 Å². The average Bonchev–Trinajstić information content (AvgIpc) is 2.38. The molecule has 0 heterocycles. The maximum atomic E-state index is 12.4. The summed E-state index contributed by atoms with van der Waals surface area (Å²) >= 11 is 0. The quantitative estimate of drug-likeness (QED) is 0.800. The van der Waals surface area contributed by atoms with E-state index in [2.05, 4.69) is 25.1 Å². The molecule has 1 unspecified atom stereocenters.